The molecule has 0 radical (unpaired) electrons. The first-order valence-corrected chi connectivity index (χ1v) is 3.87. The van der Waals surface area contributed by atoms with E-state index in [0.29, 0.717) is 0 Å². The Morgan fingerprint density at radius 1 is 1.70 bits per heavy atom. The monoisotopic (exact) mass is 142 g/mol. The minimum Gasteiger partial charge on any atom is -0.338 e. The number of nitrogens with one attached hydrogen (secondary N) is 1. The van der Waals surface area contributed by atoms with Crippen molar-refractivity contribution in [1.82, 2.24) is 10.2 Å². The number of carbonyl (C=O) groups excluding carboxylic acids is 1. The van der Waals surface area contributed by atoms with Crippen LogP contribution in [0.15, 0.2) is 0 Å². The summed E-state index contributed by atoms with van der Waals surface area (Å²) in [5.41, 5.74) is 0. The molecule has 3 heteroatoms. The Morgan fingerprint density at radius 3 is 3.10 bits per heavy atom. The predicted molar refractivity (Wildman–Crippen MR) is 39.9 cm³/mol. The van der Waals surface area contributed by atoms with E-state index in [0.717, 1.165) is 32.5 Å². The lowest BCUT2D eigenvalue weighted by Gasteiger charge is -2.26. The Morgan fingerprint density at radius 2 is 2.50 bits per heavy atom. The van der Waals surface area contributed by atoms with E-state index in [9.17, 15) is 4.79 Å². The average Bonchev–Trinajstić information content (AvgIpc) is 1.94. The van der Waals surface area contributed by atoms with Crippen LogP contribution < -0.4 is 5.32 Å². The van der Waals surface area contributed by atoms with Crippen molar-refractivity contribution in [2.45, 2.75) is 19.8 Å². The van der Waals surface area contributed by atoms with Crippen molar-refractivity contribution >= 4 is 6.03 Å². The number of hydrogen-bond donors (Lipinski definition) is 1. The van der Waals surface area contributed by atoms with Crippen molar-refractivity contribution in [1.29, 1.82) is 0 Å². The fourth-order valence-corrected chi connectivity index (χ4v) is 1.16. The number of amides is 2. The van der Waals surface area contributed by atoms with Gasteiger partial charge in [-0.25, -0.2) is 4.79 Å². The summed E-state index contributed by atoms with van der Waals surface area (Å²) in [5.74, 6) is 0. The van der Waals surface area contributed by atoms with Crippen LogP contribution in [0.5, 0.6) is 0 Å². The molecule has 0 unspecified atom stereocenters. The molecule has 3 nitrogen and oxygen atoms in total. The zero-order chi connectivity index (χ0) is 7.40. The van der Waals surface area contributed by atoms with Crippen LogP contribution in [-0.2, 0) is 0 Å². The topological polar surface area (TPSA) is 32.3 Å². The summed E-state index contributed by atoms with van der Waals surface area (Å²) in [4.78, 5) is 12.9. The summed E-state index contributed by atoms with van der Waals surface area (Å²) in [6.45, 7) is 4.76. The van der Waals surface area contributed by atoms with Gasteiger partial charge in [-0.2, -0.15) is 0 Å². The van der Waals surface area contributed by atoms with Crippen molar-refractivity contribution in [3.63, 3.8) is 0 Å². The smallest absolute Gasteiger partial charge is 0.317 e. The molecule has 0 spiro atoms. The van der Waals surface area contributed by atoms with Gasteiger partial charge in [0, 0.05) is 19.6 Å². The maximum Gasteiger partial charge on any atom is 0.317 e. The third kappa shape index (κ3) is 1.62. The minimum atomic E-state index is 0.105. The molecule has 1 heterocycles. The molecule has 1 N–H and O–H groups in total. The lowest BCUT2D eigenvalue weighted by molar-refractivity contribution is 0.186. The van der Waals surface area contributed by atoms with Crippen LogP contribution in [0, 0.1) is 0 Å². The van der Waals surface area contributed by atoms with E-state index in [1.165, 1.54) is 0 Å². The fraction of sp³-hybridized carbons (Fsp3) is 0.857. The highest BCUT2D eigenvalue weighted by atomic mass is 16.2. The molecule has 1 aliphatic heterocycles. The Balaban J connectivity index is 2.32. The molecule has 0 aliphatic carbocycles. The maximum atomic E-state index is 11.0. The molecule has 0 saturated carbocycles. The molecule has 0 bridgehead atoms. The van der Waals surface area contributed by atoms with E-state index in [1.807, 2.05) is 4.90 Å². The largest absolute Gasteiger partial charge is 0.338 e. The third-order valence-electron chi connectivity index (χ3n) is 1.66. The second kappa shape index (κ2) is 3.44. The molecule has 1 aliphatic rings. The highest BCUT2D eigenvalue weighted by molar-refractivity contribution is 5.74. The molecular formula is C7H14N2O. The van der Waals surface area contributed by atoms with Crippen LogP contribution in [-0.4, -0.2) is 30.6 Å². The summed E-state index contributed by atoms with van der Waals surface area (Å²) in [6, 6.07) is 0.105. The van der Waals surface area contributed by atoms with Crippen molar-refractivity contribution in [3.05, 3.63) is 0 Å². The van der Waals surface area contributed by atoms with Gasteiger partial charge in [0.25, 0.3) is 0 Å². The normalized spacial score (nSPS) is 18.9. The van der Waals surface area contributed by atoms with Gasteiger partial charge in [0.2, 0.25) is 0 Å². The standard InChI is InChI=1S/C7H14N2O/c1-2-5-9-6-3-4-8-7(9)10/h2-6H2,1H3,(H,8,10). The lowest BCUT2D eigenvalue weighted by atomic mass is 10.3. The van der Waals surface area contributed by atoms with Gasteiger partial charge in [0.15, 0.2) is 0 Å². The minimum absolute atomic E-state index is 0.105. The van der Waals surface area contributed by atoms with Gasteiger partial charge >= 0.3 is 6.03 Å². The van der Waals surface area contributed by atoms with Crippen molar-refractivity contribution in [3.8, 4) is 0 Å². The fourth-order valence-electron chi connectivity index (χ4n) is 1.16. The summed E-state index contributed by atoms with van der Waals surface area (Å²) < 4.78 is 0. The molecule has 58 valence electrons. The molecule has 1 rings (SSSR count). The first-order valence-electron chi connectivity index (χ1n) is 3.87. The molecule has 0 aromatic carbocycles. The van der Waals surface area contributed by atoms with Gasteiger partial charge in [0.1, 0.15) is 0 Å². The molecule has 1 fully saturated rings. The number of hydrogen-bond acceptors (Lipinski definition) is 1. The molecule has 0 aromatic rings. The highest BCUT2D eigenvalue weighted by Gasteiger charge is 2.14. The van der Waals surface area contributed by atoms with Gasteiger partial charge in [-0.05, 0) is 12.8 Å². The molecule has 1 saturated heterocycles. The number of urea groups is 1. The van der Waals surface area contributed by atoms with E-state index in [2.05, 4.69) is 12.2 Å². The molecule has 10 heavy (non-hydrogen) atoms. The van der Waals surface area contributed by atoms with Gasteiger partial charge in [-0.1, -0.05) is 6.92 Å². The maximum absolute atomic E-state index is 11.0. The first kappa shape index (κ1) is 7.38. The zero-order valence-corrected chi connectivity index (χ0v) is 6.39. The van der Waals surface area contributed by atoms with Gasteiger partial charge in [-0.15, -0.1) is 0 Å². The highest BCUT2D eigenvalue weighted by Crippen LogP contribution is 1.98. The third-order valence-corrected chi connectivity index (χ3v) is 1.66. The van der Waals surface area contributed by atoms with E-state index >= 15 is 0 Å². The first-order chi connectivity index (χ1) is 4.84. The van der Waals surface area contributed by atoms with Gasteiger partial charge in [-0.3, -0.25) is 0 Å². The van der Waals surface area contributed by atoms with Crippen LogP contribution in [0.1, 0.15) is 19.8 Å². The number of carbonyl (C=O) groups is 1. The van der Waals surface area contributed by atoms with E-state index in [-0.39, 0.29) is 6.03 Å². The SMILES string of the molecule is CCCN1CCCNC1=O. The van der Waals surface area contributed by atoms with E-state index in [1.54, 1.807) is 0 Å². The van der Waals surface area contributed by atoms with Crippen LogP contribution in [0.4, 0.5) is 4.79 Å². The van der Waals surface area contributed by atoms with Crippen LogP contribution >= 0.6 is 0 Å². The molecule has 0 aromatic heterocycles. The van der Waals surface area contributed by atoms with Crippen LogP contribution in [0.2, 0.25) is 0 Å². The Labute approximate surface area is 61.4 Å². The van der Waals surface area contributed by atoms with E-state index in [4.69, 9.17) is 0 Å². The Hall–Kier alpha value is -0.730. The summed E-state index contributed by atoms with van der Waals surface area (Å²) >= 11 is 0. The van der Waals surface area contributed by atoms with E-state index < -0.39 is 0 Å². The summed E-state index contributed by atoms with van der Waals surface area (Å²) in [7, 11) is 0. The summed E-state index contributed by atoms with van der Waals surface area (Å²) in [5, 5.41) is 2.80. The molecule has 2 amide bonds. The second-order valence-electron chi connectivity index (χ2n) is 2.57. The Kier molecular flexibility index (Phi) is 2.54. The van der Waals surface area contributed by atoms with Crippen molar-refractivity contribution in [2.24, 2.45) is 0 Å². The Bertz CT molecular complexity index is 123. The molecular weight excluding hydrogens is 128 g/mol. The quantitative estimate of drug-likeness (QED) is 0.608. The second-order valence-corrected chi connectivity index (χ2v) is 2.57. The predicted octanol–water partition coefficient (Wildman–Crippen LogP) is 0.812. The number of rotatable bonds is 2. The van der Waals surface area contributed by atoms with Crippen molar-refractivity contribution < 1.29 is 4.79 Å². The average molecular weight is 142 g/mol. The van der Waals surface area contributed by atoms with Crippen molar-refractivity contribution in [2.75, 3.05) is 19.6 Å². The van der Waals surface area contributed by atoms with Gasteiger partial charge in [0.05, 0.1) is 0 Å². The zero-order valence-electron chi connectivity index (χ0n) is 6.39. The van der Waals surface area contributed by atoms with Gasteiger partial charge < -0.3 is 10.2 Å². The summed E-state index contributed by atoms with van der Waals surface area (Å²) in [6.07, 6.45) is 2.14. The van der Waals surface area contributed by atoms with Crippen LogP contribution in [0.3, 0.4) is 0 Å². The number of nitrogens with zero attached hydrogens (tertiary/aromatic N) is 1. The molecule has 0 atom stereocenters. The lowest BCUT2D eigenvalue weighted by Crippen LogP contribution is -2.46. The van der Waals surface area contributed by atoms with Crippen LogP contribution in [0.25, 0.3) is 0 Å².